The molecule has 8 heteroatoms. The van der Waals surface area contributed by atoms with E-state index in [0.717, 1.165) is 5.56 Å². The van der Waals surface area contributed by atoms with E-state index in [2.05, 4.69) is 10.3 Å². The lowest BCUT2D eigenvalue weighted by atomic mass is 10.1. The highest BCUT2D eigenvalue weighted by molar-refractivity contribution is 7.15. The van der Waals surface area contributed by atoms with Crippen molar-refractivity contribution >= 4 is 27.9 Å². The Bertz CT molecular complexity index is 1250. The fourth-order valence-corrected chi connectivity index (χ4v) is 3.66. The van der Waals surface area contributed by atoms with Crippen LogP contribution >= 0.6 is 11.3 Å². The van der Waals surface area contributed by atoms with E-state index in [-0.39, 0.29) is 11.3 Å². The van der Waals surface area contributed by atoms with Gasteiger partial charge < -0.3 is 10.1 Å². The van der Waals surface area contributed by atoms with Crippen LogP contribution in [0, 0.1) is 5.82 Å². The van der Waals surface area contributed by atoms with Crippen LogP contribution in [0.4, 0.5) is 10.1 Å². The highest BCUT2D eigenvalue weighted by Crippen LogP contribution is 2.27. The van der Waals surface area contributed by atoms with E-state index in [1.54, 1.807) is 24.6 Å². The summed E-state index contributed by atoms with van der Waals surface area (Å²) in [5.41, 5.74) is 0.990. The Morgan fingerprint density at radius 2 is 2.04 bits per heavy atom. The van der Waals surface area contributed by atoms with Crippen molar-refractivity contribution in [3.8, 4) is 17.0 Å². The van der Waals surface area contributed by atoms with Gasteiger partial charge in [-0.25, -0.2) is 9.37 Å². The molecule has 6 nitrogen and oxygen atoms in total. The summed E-state index contributed by atoms with van der Waals surface area (Å²) in [4.78, 5) is 30.2. The quantitative estimate of drug-likeness (QED) is 0.570. The predicted octanol–water partition coefficient (Wildman–Crippen LogP) is 3.82. The summed E-state index contributed by atoms with van der Waals surface area (Å²) in [6.45, 7) is 0. The van der Waals surface area contributed by atoms with Crippen molar-refractivity contribution in [2.75, 3.05) is 12.4 Å². The largest absolute Gasteiger partial charge is 0.497 e. The summed E-state index contributed by atoms with van der Waals surface area (Å²) in [7, 11) is 1.56. The topological polar surface area (TPSA) is 72.7 Å². The van der Waals surface area contributed by atoms with Gasteiger partial charge in [0.1, 0.15) is 17.1 Å². The van der Waals surface area contributed by atoms with Crippen LogP contribution in [0.3, 0.4) is 0 Å². The molecule has 4 aromatic rings. The number of hydrogen-bond acceptors (Lipinski definition) is 5. The number of methoxy groups -OCH3 is 1. The van der Waals surface area contributed by atoms with Crippen LogP contribution in [-0.2, 0) is 0 Å². The van der Waals surface area contributed by atoms with E-state index in [9.17, 15) is 14.0 Å². The molecule has 2 aromatic carbocycles. The van der Waals surface area contributed by atoms with E-state index in [1.165, 1.54) is 46.2 Å². The van der Waals surface area contributed by atoms with Crippen molar-refractivity contribution in [2.45, 2.75) is 0 Å². The van der Waals surface area contributed by atoms with E-state index in [4.69, 9.17) is 4.74 Å². The van der Waals surface area contributed by atoms with Gasteiger partial charge in [0, 0.05) is 22.8 Å². The smallest absolute Gasteiger partial charge is 0.271 e. The summed E-state index contributed by atoms with van der Waals surface area (Å²) >= 11 is 1.29. The molecule has 0 saturated carbocycles. The monoisotopic (exact) mass is 395 g/mol. The normalized spacial score (nSPS) is 10.8. The highest BCUT2D eigenvalue weighted by Gasteiger charge is 2.17. The Morgan fingerprint density at radius 3 is 2.82 bits per heavy atom. The number of rotatable bonds is 4. The SMILES string of the molecule is COc1cccc(-c2csc3ncc(C(=O)Nc4cccc(F)c4)c(=O)n23)c1. The minimum atomic E-state index is -0.653. The summed E-state index contributed by atoms with van der Waals surface area (Å²) in [6, 6.07) is 12.7. The first-order valence-corrected chi connectivity index (χ1v) is 9.15. The van der Waals surface area contributed by atoms with Gasteiger partial charge in [-0.3, -0.25) is 14.0 Å². The minimum Gasteiger partial charge on any atom is -0.497 e. The summed E-state index contributed by atoms with van der Waals surface area (Å²) in [6.07, 6.45) is 1.23. The molecular formula is C20H14FN3O3S. The molecule has 0 bridgehead atoms. The molecule has 2 heterocycles. The van der Waals surface area contributed by atoms with Crippen LogP contribution in [-0.4, -0.2) is 22.4 Å². The van der Waals surface area contributed by atoms with Gasteiger partial charge in [-0.2, -0.15) is 0 Å². The Balaban J connectivity index is 1.78. The van der Waals surface area contributed by atoms with Gasteiger partial charge in [0.15, 0.2) is 4.96 Å². The molecule has 2 aromatic heterocycles. The van der Waals surface area contributed by atoms with Crippen molar-refractivity contribution in [2.24, 2.45) is 0 Å². The average Bonchev–Trinajstić information content (AvgIpc) is 3.13. The third-order valence-electron chi connectivity index (χ3n) is 4.14. The third kappa shape index (κ3) is 3.25. The van der Waals surface area contributed by atoms with Crippen LogP contribution in [0.5, 0.6) is 5.75 Å². The number of hydrogen-bond donors (Lipinski definition) is 1. The van der Waals surface area contributed by atoms with Crippen LogP contribution in [0.15, 0.2) is 64.9 Å². The number of nitrogens with one attached hydrogen (secondary N) is 1. The number of nitrogens with zero attached hydrogens (tertiary/aromatic N) is 2. The van der Waals surface area contributed by atoms with E-state index < -0.39 is 17.3 Å². The number of ether oxygens (including phenoxy) is 1. The first-order chi connectivity index (χ1) is 13.6. The van der Waals surface area contributed by atoms with Crippen molar-refractivity contribution in [3.05, 3.63) is 81.8 Å². The molecule has 0 aliphatic heterocycles. The van der Waals surface area contributed by atoms with Gasteiger partial charge in [-0.05, 0) is 30.3 Å². The second-order valence-corrected chi connectivity index (χ2v) is 6.75. The first-order valence-electron chi connectivity index (χ1n) is 8.27. The number of carbonyl (C=O) groups excluding carboxylic acids is 1. The number of carbonyl (C=O) groups is 1. The van der Waals surface area contributed by atoms with Gasteiger partial charge in [0.25, 0.3) is 11.5 Å². The second-order valence-electron chi connectivity index (χ2n) is 5.91. The lowest BCUT2D eigenvalue weighted by molar-refractivity contribution is 0.102. The second kappa shape index (κ2) is 7.24. The number of aromatic nitrogens is 2. The third-order valence-corrected chi connectivity index (χ3v) is 4.98. The Hall–Kier alpha value is -3.52. The van der Waals surface area contributed by atoms with Crippen molar-refractivity contribution in [1.29, 1.82) is 0 Å². The molecule has 1 amide bonds. The van der Waals surface area contributed by atoms with Gasteiger partial charge in [0.05, 0.1) is 12.8 Å². The molecule has 140 valence electrons. The lowest BCUT2D eigenvalue weighted by Crippen LogP contribution is -2.26. The van der Waals surface area contributed by atoms with Crippen molar-refractivity contribution in [3.63, 3.8) is 0 Å². The summed E-state index contributed by atoms with van der Waals surface area (Å²) in [5.74, 6) is -0.487. The fourth-order valence-electron chi connectivity index (χ4n) is 2.80. The van der Waals surface area contributed by atoms with Gasteiger partial charge in [-0.1, -0.05) is 18.2 Å². The lowest BCUT2D eigenvalue weighted by Gasteiger charge is -2.07. The number of fused-ring (bicyclic) bond motifs is 1. The van der Waals surface area contributed by atoms with E-state index in [1.807, 2.05) is 12.1 Å². The first kappa shape index (κ1) is 17.9. The minimum absolute atomic E-state index is 0.135. The summed E-state index contributed by atoms with van der Waals surface area (Å²) in [5, 5.41) is 4.32. The zero-order chi connectivity index (χ0) is 19.7. The Kier molecular flexibility index (Phi) is 4.62. The molecule has 0 radical (unpaired) electrons. The molecule has 0 spiro atoms. The highest BCUT2D eigenvalue weighted by atomic mass is 32.1. The van der Waals surface area contributed by atoms with Crippen molar-refractivity contribution in [1.82, 2.24) is 9.38 Å². The Labute approximate surface area is 162 Å². The maximum atomic E-state index is 13.3. The maximum Gasteiger partial charge on any atom is 0.271 e. The zero-order valence-corrected chi connectivity index (χ0v) is 15.5. The van der Waals surface area contributed by atoms with E-state index in [0.29, 0.717) is 16.4 Å². The molecule has 0 aliphatic carbocycles. The standard InChI is InChI=1S/C20H14FN3O3S/c1-27-15-7-2-4-12(8-15)17-11-28-20-22-10-16(19(26)24(17)20)18(25)23-14-6-3-5-13(21)9-14/h2-11H,1H3,(H,23,25). The number of halogens is 1. The summed E-state index contributed by atoms with van der Waals surface area (Å²) < 4.78 is 20.0. The molecule has 0 saturated heterocycles. The average molecular weight is 395 g/mol. The molecule has 28 heavy (non-hydrogen) atoms. The molecule has 0 aliphatic rings. The van der Waals surface area contributed by atoms with Crippen LogP contribution in [0.2, 0.25) is 0 Å². The number of amides is 1. The van der Waals surface area contributed by atoms with E-state index >= 15 is 0 Å². The zero-order valence-electron chi connectivity index (χ0n) is 14.7. The fraction of sp³-hybridized carbons (Fsp3) is 0.0500. The van der Waals surface area contributed by atoms with Gasteiger partial charge in [0.2, 0.25) is 0 Å². The number of thiazole rings is 1. The van der Waals surface area contributed by atoms with Gasteiger partial charge in [-0.15, -0.1) is 11.3 Å². The van der Waals surface area contributed by atoms with Crippen molar-refractivity contribution < 1.29 is 13.9 Å². The molecule has 0 atom stereocenters. The van der Waals surface area contributed by atoms with Crippen LogP contribution < -0.4 is 15.6 Å². The maximum absolute atomic E-state index is 13.3. The number of anilines is 1. The van der Waals surface area contributed by atoms with Crippen LogP contribution in [0.25, 0.3) is 16.2 Å². The van der Waals surface area contributed by atoms with Crippen LogP contribution in [0.1, 0.15) is 10.4 Å². The molecule has 4 rings (SSSR count). The predicted molar refractivity (Wildman–Crippen MR) is 106 cm³/mol. The Morgan fingerprint density at radius 1 is 1.21 bits per heavy atom. The molecule has 1 N–H and O–H groups in total. The number of benzene rings is 2. The molecule has 0 unspecified atom stereocenters. The molecular weight excluding hydrogens is 381 g/mol. The van der Waals surface area contributed by atoms with Gasteiger partial charge >= 0.3 is 0 Å². The molecule has 0 fully saturated rings.